The van der Waals surface area contributed by atoms with E-state index in [0.717, 1.165) is 0 Å². The van der Waals surface area contributed by atoms with Crippen molar-refractivity contribution < 1.29 is 14.3 Å². The fraction of sp³-hybridized carbons (Fsp3) is 0.833. The predicted molar refractivity (Wildman–Crippen MR) is 68.3 cm³/mol. The lowest BCUT2D eigenvalue weighted by atomic mass is 10.0. The third kappa shape index (κ3) is 3.35. The SMILES string of the molecule is CCOC(=O)N1CCN(C(=O)C(C)(C)NC)CC1. The van der Waals surface area contributed by atoms with Gasteiger partial charge in [-0.3, -0.25) is 4.79 Å². The first-order valence-corrected chi connectivity index (χ1v) is 6.32. The number of nitrogens with one attached hydrogen (secondary N) is 1. The normalized spacial score (nSPS) is 16.7. The third-order valence-electron chi connectivity index (χ3n) is 3.25. The molecule has 1 heterocycles. The van der Waals surface area contributed by atoms with Gasteiger partial charge in [0, 0.05) is 26.2 Å². The zero-order chi connectivity index (χ0) is 13.8. The van der Waals surface area contributed by atoms with Gasteiger partial charge in [-0.1, -0.05) is 0 Å². The summed E-state index contributed by atoms with van der Waals surface area (Å²) in [6.07, 6.45) is -0.294. The van der Waals surface area contributed by atoms with Gasteiger partial charge in [0.15, 0.2) is 0 Å². The number of hydrogen-bond acceptors (Lipinski definition) is 4. The highest BCUT2D eigenvalue weighted by molar-refractivity contribution is 5.85. The van der Waals surface area contributed by atoms with E-state index in [4.69, 9.17) is 4.74 Å². The molecule has 6 heteroatoms. The van der Waals surface area contributed by atoms with Crippen LogP contribution in [0.25, 0.3) is 0 Å². The monoisotopic (exact) mass is 257 g/mol. The zero-order valence-corrected chi connectivity index (χ0v) is 11.7. The molecular formula is C12H23N3O3. The fourth-order valence-corrected chi connectivity index (χ4v) is 1.81. The molecule has 0 aromatic heterocycles. The average molecular weight is 257 g/mol. The molecule has 1 aliphatic rings. The van der Waals surface area contributed by atoms with E-state index in [9.17, 15) is 9.59 Å². The van der Waals surface area contributed by atoms with E-state index in [0.29, 0.717) is 32.8 Å². The Morgan fingerprint density at radius 3 is 2.11 bits per heavy atom. The van der Waals surface area contributed by atoms with Crippen LogP contribution < -0.4 is 5.32 Å². The van der Waals surface area contributed by atoms with E-state index >= 15 is 0 Å². The van der Waals surface area contributed by atoms with Gasteiger partial charge in [-0.05, 0) is 27.8 Å². The smallest absolute Gasteiger partial charge is 0.409 e. The van der Waals surface area contributed by atoms with Gasteiger partial charge in [0.25, 0.3) is 0 Å². The number of nitrogens with zero attached hydrogens (tertiary/aromatic N) is 2. The van der Waals surface area contributed by atoms with Crippen molar-refractivity contribution in [2.45, 2.75) is 26.3 Å². The van der Waals surface area contributed by atoms with Crippen LogP contribution in [0.1, 0.15) is 20.8 Å². The molecule has 18 heavy (non-hydrogen) atoms. The largest absolute Gasteiger partial charge is 0.450 e. The molecule has 0 aromatic rings. The van der Waals surface area contributed by atoms with E-state index in [-0.39, 0.29) is 12.0 Å². The maximum absolute atomic E-state index is 12.2. The Morgan fingerprint density at radius 2 is 1.67 bits per heavy atom. The molecule has 0 saturated carbocycles. The molecule has 0 bridgehead atoms. The van der Waals surface area contributed by atoms with E-state index in [1.54, 1.807) is 23.8 Å². The van der Waals surface area contributed by atoms with Crippen molar-refractivity contribution in [3.05, 3.63) is 0 Å². The minimum absolute atomic E-state index is 0.0634. The quantitative estimate of drug-likeness (QED) is 0.789. The summed E-state index contributed by atoms with van der Waals surface area (Å²) in [7, 11) is 1.77. The van der Waals surface area contributed by atoms with Crippen LogP contribution in [0.5, 0.6) is 0 Å². The van der Waals surface area contributed by atoms with E-state index in [1.165, 1.54) is 0 Å². The van der Waals surface area contributed by atoms with Gasteiger partial charge >= 0.3 is 6.09 Å². The van der Waals surface area contributed by atoms with Crippen molar-refractivity contribution in [1.29, 1.82) is 0 Å². The number of carbonyl (C=O) groups excluding carboxylic acids is 2. The van der Waals surface area contributed by atoms with Crippen LogP contribution in [0.15, 0.2) is 0 Å². The summed E-state index contributed by atoms with van der Waals surface area (Å²) in [5.74, 6) is 0.0634. The Balaban J connectivity index is 2.49. The highest BCUT2D eigenvalue weighted by Gasteiger charge is 2.33. The number of likely N-dealkylation sites (N-methyl/N-ethyl adjacent to an activating group) is 1. The molecule has 1 rings (SSSR count). The lowest BCUT2D eigenvalue weighted by Crippen LogP contribution is -2.58. The lowest BCUT2D eigenvalue weighted by molar-refractivity contribution is -0.138. The molecule has 1 aliphatic heterocycles. The van der Waals surface area contributed by atoms with Gasteiger partial charge in [-0.15, -0.1) is 0 Å². The number of amides is 2. The molecule has 2 amide bonds. The molecule has 1 fully saturated rings. The van der Waals surface area contributed by atoms with Crippen LogP contribution in [-0.2, 0) is 9.53 Å². The predicted octanol–water partition coefficient (Wildman–Crippen LogP) is 0.285. The van der Waals surface area contributed by atoms with Gasteiger partial charge in [0.2, 0.25) is 5.91 Å². The Hall–Kier alpha value is -1.30. The van der Waals surface area contributed by atoms with Crippen LogP contribution in [-0.4, -0.2) is 67.2 Å². The number of carbonyl (C=O) groups is 2. The molecule has 0 unspecified atom stereocenters. The number of rotatable bonds is 3. The molecule has 1 saturated heterocycles. The molecule has 0 spiro atoms. The van der Waals surface area contributed by atoms with E-state index < -0.39 is 5.54 Å². The summed E-state index contributed by atoms with van der Waals surface area (Å²) in [6.45, 7) is 8.05. The van der Waals surface area contributed by atoms with Gasteiger partial charge in [0.05, 0.1) is 12.1 Å². The first kappa shape index (κ1) is 14.8. The maximum atomic E-state index is 12.2. The second-order valence-corrected chi connectivity index (χ2v) is 4.85. The summed E-state index contributed by atoms with van der Waals surface area (Å²) >= 11 is 0. The van der Waals surface area contributed by atoms with Crippen molar-refractivity contribution in [2.75, 3.05) is 39.8 Å². The number of piperazine rings is 1. The molecule has 0 aromatic carbocycles. The van der Waals surface area contributed by atoms with Crippen molar-refractivity contribution >= 4 is 12.0 Å². The molecule has 0 radical (unpaired) electrons. The van der Waals surface area contributed by atoms with Crippen LogP contribution in [0.3, 0.4) is 0 Å². The summed E-state index contributed by atoms with van der Waals surface area (Å²) in [6, 6.07) is 0. The molecule has 0 aliphatic carbocycles. The molecule has 0 atom stereocenters. The van der Waals surface area contributed by atoms with Crippen LogP contribution in [0.2, 0.25) is 0 Å². The molecule has 1 N–H and O–H groups in total. The Kier molecular flexibility index (Phi) is 4.95. The summed E-state index contributed by atoms with van der Waals surface area (Å²) in [5.41, 5.74) is -0.563. The Morgan fingerprint density at radius 1 is 1.17 bits per heavy atom. The standard InChI is InChI=1S/C12H23N3O3/c1-5-18-11(17)15-8-6-14(7-9-15)10(16)12(2,3)13-4/h13H,5-9H2,1-4H3. The topological polar surface area (TPSA) is 61.9 Å². The number of ether oxygens (including phenoxy) is 1. The fourth-order valence-electron chi connectivity index (χ4n) is 1.81. The third-order valence-corrected chi connectivity index (χ3v) is 3.25. The van der Waals surface area contributed by atoms with Crippen molar-refractivity contribution in [1.82, 2.24) is 15.1 Å². The second kappa shape index (κ2) is 6.04. The van der Waals surface area contributed by atoms with Crippen molar-refractivity contribution in [2.24, 2.45) is 0 Å². The van der Waals surface area contributed by atoms with Gasteiger partial charge < -0.3 is 19.9 Å². The zero-order valence-electron chi connectivity index (χ0n) is 11.7. The first-order chi connectivity index (χ1) is 8.42. The van der Waals surface area contributed by atoms with E-state index in [1.807, 2.05) is 13.8 Å². The molecule has 104 valence electrons. The summed E-state index contributed by atoms with van der Waals surface area (Å²) in [4.78, 5) is 27.1. The first-order valence-electron chi connectivity index (χ1n) is 6.32. The Labute approximate surface area is 108 Å². The lowest BCUT2D eigenvalue weighted by Gasteiger charge is -2.38. The molecule has 6 nitrogen and oxygen atoms in total. The highest BCUT2D eigenvalue weighted by atomic mass is 16.6. The van der Waals surface area contributed by atoms with Crippen molar-refractivity contribution in [3.63, 3.8) is 0 Å². The van der Waals surface area contributed by atoms with Crippen LogP contribution in [0.4, 0.5) is 4.79 Å². The van der Waals surface area contributed by atoms with Crippen molar-refractivity contribution in [3.8, 4) is 0 Å². The summed E-state index contributed by atoms with van der Waals surface area (Å²) < 4.78 is 4.94. The highest BCUT2D eigenvalue weighted by Crippen LogP contribution is 2.11. The number of hydrogen-bond donors (Lipinski definition) is 1. The van der Waals surface area contributed by atoms with E-state index in [2.05, 4.69) is 5.32 Å². The maximum Gasteiger partial charge on any atom is 0.409 e. The second-order valence-electron chi connectivity index (χ2n) is 4.85. The van der Waals surface area contributed by atoms with Gasteiger partial charge in [-0.2, -0.15) is 0 Å². The molecular weight excluding hydrogens is 234 g/mol. The van der Waals surface area contributed by atoms with Gasteiger partial charge in [-0.25, -0.2) is 4.79 Å². The average Bonchev–Trinajstić information content (AvgIpc) is 2.38. The van der Waals surface area contributed by atoms with Gasteiger partial charge in [0.1, 0.15) is 0 Å². The van der Waals surface area contributed by atoms with Crippen LogP contribution in [0, 0.1) is 0 Å². The van der Waals surface area contributed by atoms with Crippen LogP contribution >= 0.6 is 0 Å². The Bertz CT molecular complexity index is 310. The minimum Gasteiger partial charge on any atom is -0.450 e. The minimum atomic E-state index is -0.563. The summed E-state index contributed by atoms with van der Waals surface area (Å²) in [5, 5.41) is 3.00.